The van der Waals surface area contributed by atoms with Crippen molar-refractivity contribution in [3.8, 4) is 11.5 Å². The van der Waals surface area contributed by atoms with E-state index in [2.05, 4.69) is 0 Å². The Morgan fingerprint density at radius 3 is 2.15 bits per heavy atom. The molecule has 0 saturated carbocycles. The summed E-state index contributed by atoms with van der Waals surface area (Å²) in [7, 11) is -0.440. The highest BCUT2D eigenvalue weighted by molar-refractivity contribution is 7.90. The molecule has 2 rings (SSSR count). The monoisotopic (exact) mass is 378 g/mol. The molecule has 0 unspecified atom stereocenters. The van der Waals surface area contributed by atoms with E-state index in [0.717, 1.165) is 6.26 Å². The average molecular weight is 378 g/mol. The van der Waals surface area contributed by atoms with Crippen molar-refractivity contribution in [3.63, 3.8) is 0 Å². The molecule has 0 amide bonds. The van der Waals surface area contributed by atoms with Crippen molar-refractivity contribution in [1.82, 2.24) is 0 Å². The summed E-state index contributed by atoms with van der Waals surface area (Å²) in [5, 5.41) is 0. The molecule has 26 heavy (non-hydrogen) atoms. The lowest BCUT2D eigenvalue weighted by molar-refractivity contribution is 0.0474. The quantitative estimate of drug-likeness (QED) is 0.538. The first kappa shape index (κ1) is 19.5. The Kier molecular flexibility index (Phi) is 5.99. The largest absolute Gasteiger partial charge is 0.497 e. The second kappa shape index (κ2) is 8.01. The molecule has 0 aliphatic heterocycles. The Balaban J connectivity index is 2.06. The topological polar surface area (TPSA) is 96.0 Å². The molecule has 0 fully saturated rings. The maximum absolute atomic E-state index is 12.3. The summed E-state index contributed by atoms with van der Waals surface area (Å²) in [6.07, 6.45) is 1.07. The van der Waals surface area contributed by atoms with E-state index < -0.39 is 28.2 Å². The van der Waals surface area contributed by atoms with Crippen molar-refractivity contribution in [2.75, 3.05) is 27.1 Å². The molecule has 0 spiro atoms. The molecule has 0 atom stereocenters. The zero-order valence-electron chi connectivity index (χ0n) is 14.5. The Labute approximate surface area is 151 Å². The normalized spacial score (nSPS) is 10.9. The lowest BCUT2D eigenvalue weighted by Gasteiger charge is -2.10. The minimum absolute atomic E-state index is 0.0908. The van der Waals surface area contributed by atoms with Gasteiger partial charge in [0.25, 0.3) is 0 Å². The minimum atomic E-state index is -3.35. The molecule has 0 N–H and O–H groups in total. The highest BCUT2D eigenvalue weighted by Gasteiger charge is 2.17. The predicted octanol–water partition coefficient (Wildman–Crippen LogP) is 2.15. The Morgan fingerprint density at radius 2 is 1.62 bits per heavy atom. The average Bonchev–Trinajstić information content (AvgIpc) is 2.64. The van der Waals surface area contributed by atoms with Crippen molar-refractivity contribution in [3.05, 3.63) is 53.6 Å². The fourth-order valence-corrected chi connectivity index (χ4v) is 2.79. The summed E-state index contributed by atoms with van der Waals surface area (Å²) >= 11 is 0. The van der Waals surface area contributed by atoms with Crippen molar-refractivity contribution in [1.29, 1.82) is 0 Å². The number of carbonyl (C=O) groups is 2. The van der Waals surface area contributed by atoms with Crippen LogP contribution in [0, 0.1) is 0 Å². The number of Topliss-reactive ketones (excluding diaryl/α,β-unsaturated/α-hetero) is 1. The number of benzene rings is 2. The fourth-order valence-electron chi connectivity index (χ4n) is 2.16. The number of ketones is 1. The van der Waals surface area contributed by atoms with Crippen molar-refractivity contribution >= 4 is 21.6 Å². The molecule has 0 aliphatic carbocycles. The second-order valence-corrected chi connectivity index (χ2v) is 7.38. The molecule has 0 aliphatic rings. The van der Waals surface area contributed by atoms with Crippen LogP contribution in [-0.2, 0) is 14.6 Å². The Bertz CT molecular complexity index is 915. The van der Waals surface area contributed by atoms with Gasteiger partial charge in [0.15, 0.2) is 16.4 Å². The predicted molar refractivity (Wildman–Crippen MR) is 93.7 cm³/mol. The van der Waals surface area contributed by atoms with Crippen LogP contribution in [0.3, 0.4) is 0 Å². The van der Waals surface area contributed by atoms with Gasteiger partial charge in [0.05, 0.1) is 30.2 Å². The van der Waals surface area contributed by atoms with Gasteiger partial charge in [-0.05, 0) is 36.4 Å². The molecule has 0 aromatic heterocycles. The van der Waals surface area contributed by atoms with Crippen LogP contribution >= 0.6 is 0 Å². The summed E-state index contributed by atoms with van der Waals surface area (Å²) in [5.41, 5.74) is 0.403. The molecule has 0 saturated heterocycles. The second-order valence-electron chi connectivity index (χ2n) is 5.36. The highest BCUT2D eigenvalue weighted by atomic mass is 32.2. The van der Waals surface area contributed by atoms with E-state index in [1.54, 1.807) is 12.1 Å². The van der Waals surface area contributed by atoms with Gasteiger partial charge in [-0.1, -0.05) is 0 Å². The maximum atomic E-state index is 12.3. The minimum Gasteiger partial charge on any atom is -0.497 e. The van der Waals surface area contributed by atoms with Gasteiger partial charge in [-0.25, -0.2) is 13.2 Å². The molecule has 8 heteroatoms. The van der Waals surface area contributed by atoms with Crippen LogP contribution in [0.5, 0.6) is 11.5 Å². The summed E-state index contributed by atoms with van der Waals surface area (Å²) in [4.78, 5) is 24.4. The van der Waals surface area contributed by atoms with Crippen LogP contribution in [-0.4, -0.2) is 47.3 Å². The van der Waals surface area contributed by atoms with Crippen LogP contribution in [0.4, 0.5) is 0 Å². The summed E-state index contributed by atoms with van der Waals surface area (Å²) in [6.45, 7) is -0.477. The number of hydrogen-bond acceptors (Lipinski definition) is 7. The number of methoxy groups -OCH3 is 2. The van der Waals surface area contributed by atoms with Gasteiger partial charge in [0, 0.05) is 12.3 Å². The van der Waals surface area contributed by atoms with Gasteiger partial charge in [0.2, 0.25) is 5.78 Å². The smallest absolute Gasteiger partial charge is 0.338 e. The number of sulfone groups is 1. The third-order valence-electron chi connectivity index (χ3n) is 3.56. The van der Waals surface area contributed by atoms with E-state index >= 15 is 0 Å². The van der Waals surface area contributed by atoms with Gasteiger partial charge in [0.1, 0.15) is 11.5 Å². The van der Waals surface area contributed by atoms with E-state index in [1.165, 1.54) is 44.6 Å². The first-order valence-corrected chi connectivity index (χ1v) is 9.38. The van der Waals surface area contributed by atoms with Crippen LogP contribution in [0.2, 0.25) is 0 Å². The number of carbonyl (C=O) groups excluding carboxylic acids is 2. The van der Waals surface area contributed by atoms with Gasteiger partial charge in [-0.2, -0.15) is 0 Å². The summed E-state index contributed by atoms with van der Waals surface area (Å²) in [6, 6.07) is 9.95. The SMILES string of the molecule is COc1ccc(C(=O)COC(=O)c2ccc(S(C)(=O)=O)cc2)c(OC)c1. The third-order valence-corrected chi connectivity index (χ3v) is 4.69. The Hall–Kier alpha value is -2.87. The molecule has 0 bridgehead atoms. The van der Waals surface area contributed by atoms with E-state index in [1.807, 2.05) is 0 Å². The lowest BCUT2D eigenvalue weighted by atomic mass is 10.1. The van der Waals surface area contributed by atoms with Gasteiger partial charge in [-0.15, -0.1) is 0 Å². The van der Waals surface area contributed by atoms with Crippen LogP contribution < -0.4 is 9.47 Å². The van der Waals surface area contributed by atoms with Crippen LogP contribution in [0.25, 0.3) is 0 Å². The van der Waals surface area contributed by atoms with Crippen molar-refractivity contribution < 1.29 is 32.2 Å². The maximum Gasteiger partial charge on any atom is 0.338 e. The third kappa shape index (κ3) is 4.60. The van der Waals surface area contributed by atoms with Gasteiger partial charge >= 0.3 is 5.97 Å². The first-order valence-electron chi connectivity index (χ1n) is 7.48. The zero-order chi connectivity index (χ0) is 19.3. The molecule has 2 aromatic rings. The standard InChI is InChI=1S/C18H18O7S/c1-23-13-6-9-15(17(10-13)24-2)16(19)11-25-18(20)12-4-7-14(8-5-12)26(3,21)22/h4-10H,11H2,1-3H3. The van der Waals surface area contributed by atoms with Crippen LogP contribution in [0.1, 0.15) is 20.7 Å². The first-order chi connectivity index (χ1) is 12.3. The Morgan fingerprint density at radius 1 is 0.962 bits per heavy atom. The molecular weight excluding hydrogens is 360 g/mol. The highest BCUT2D eigenvalue weighted by Crippen LogP contribution is 2.25. The molecule has 2 aromatic carbocycles. The van der Waals surface area contributed by atoms with Crippen molar-refractivity contribution in [2.24, 2.45) is 0 Å². The molecular formula is C18H18O7S. The molecule has 0 radical (unpaired) electrons. The summed E-state index contributed by atoms with van der Waals surface area (Å²) < 4.78 is 38.0. The van der Waals surface area contributed by atoms with Crippen LogP contribution in [0.15, 0.2) is 47.4 Å². The van der Waals surface area contributed by atoms with Gasteiger partial charge in [-0.3, -0.25) is 4.79 Å². The number of hydrogen-bond donors (Lipinski definition) is 0. The lowest BCUT2D eigenvalue weighted by Crippen LogP contribution is -2.15. The van der Waals surface area contributed by atoms with Crippen molar-refractivity contribution in [2.45, 2.75) is 4.90 Å². The van der Waals surface area contributed by atoms with E-state index in [-0.39, 0.29) is 16.0 Å². The van der Waals surface area contributed by atoms with E-state index in [4.69, 9.17) is 14.2 Å². The van der Waals surface area contributed by atoms with E-state index in [0.29, 0.717) is 11.5 Å². The number of rotatable bonds is 7. The zero-order valence-corrected chi connectivity index (χ0v) is 15.3. The summed E-state index contributed by atoms with van der Waals surface area (Å²) in [5.74, 6) is -0.333. The molecule has 138 valence electrons. The molecule has 0 heterocycles. The molecule has 7 nitrogen and oxygen atoms in total. The number of ether oxygens (including phenoxy) is 3. The number of esters is 1. The fraction of sp³-hybridized carbons (Fsp3) is 0.222. The van der Waals surface area contributed by atoms with Gasteiger partial charge < -0.3 is 14.2 Å². The van der Waals surface area contributed by atoms with E-state index in [9.17, 15) is 18.0 Å².